The molecule has 4 rings (SSSR count). The van der Waals surface area contributed by atoms with Crippen LogP contribution in [0.25, 0.3) is 0 Å². The molecule has 26 heavy (non-hydrogen) atoms. The van der Waals surface area contributed by atoms with Gasteiger partial charge in [0.05, 0.1) is 6.20 Å². The SMILES string of the molecule is C=CC(=O)N1CCCc2c(C(=O)Nc3ccnn3CC3CC3)cccc21. The zero-order valence-electron chi connectivity index (χ0n) is 14.6. The predicted molar refractivity (Wildman–Crippen MR) is 100 cm³/mol. The van der Waals surface area contributed by atoms with Crippen LogP contribution in [0.1, 0.15) is 35.2 Å². The molecule has 1 saturated carbocycles. The lowest BCUT2D eigenvalue weighted by Gasteiger charge is -2.29. The third kappa shape index (κ3) is 3.14. The Hall–Kier alpha value is -2.89. The van der Waals surface area contributed by atoms with Crippen molar-refractivity contribution in [2.24, 2.45) is 5.92 Å². The summed E-state index contributed by atoms with van der Waals surface area (Å²) in [6.45, 7) is 5.07. The lowest BCUT2D eigenvalue weighted by molar-refractivity contribution is -0.114. The van der Waals surface area contributed by atoms with Gasteiger partial charge in [-0.25, -0.2) is 4.68 Å². The van der Waals surface area contributed by atoms with Gasteiger partial charge in [0, 0.05) is 30.4 Å². The fourth-order valence-electron chi connectivity index (χ4n) is 3.49. The molecule has 0 radical (unpaired) electrons. The molecule has 2 aliphatic rings. The maximum atomic E-state index is 12.9. The molecule has 6 nitrogen and oxygen atoms in total. The Morgan fingerprint density at radius 1 is 1.31 bits per heavy atom. The van der Waals surface area contributed by atoms with Crippen LogP contribution in [0, 0.1) is 5.92 Å². The Morgan fingerprint density at radius 3 is 2.92 bits per heavy atom. The first-order valence-corrected chi connectivity index (χ1v) is 9.06. The van der Waals surface area contributed by atoms with Crippen molar-refractivity contribution in [2.75, 3.05) is 16.8 Å². The number of benzene rings is 1. The van der Waals surface area contributed by atoms with Crippen LogP contribution < -0.4 is 10.2 Å². The topological polar surface area (TPSA) is 67.2 Å². The normalized spacial score (nSPS) is 16.1. The Kier molecular flexibility index (Phi) is 4.32. The van der Waals surface area contributed by atoms with Crippen LogP contribution in [0.5, 0.6) is 0 Å². The zero-order valence-corrected chi connectivity index (χ0v) is 14.6. The van der Waals surface area contributed by atoms with E-state index >= 15 is 0 Å². The van der Waals surface area contributed by atoms with Crippen molar-refractivity contribution in [1.82, 2.24) is 9.78 Å². The summed E-state index contributed by atoms with van der Waals surface area (Å²) >= 11 is 0. The third-order valence-electron chi connectivity index (χ3n) is 5.02. The van der Waals surface area contributed by atoms with E-state index in [2.05, 4.69) is 17.0 Å². The van der Waals surface area contributed by atoms with Crippen molar-refractivity contribution in [3.8, 4) is 0 Å². The molecule has 2 amide bonds. The molecular formula is C20H22N4O2. The van der Waals surface area contributed by atoms with E-state index in [-0.39, 0.29) is 11.8 Å². The van der Waals surface area contributed by atoms with Crippen LogP contribution in [0.15, 0.2) is 43.1 Å². The second kappa shape index (κ2) is 6.78. The van der Waals surface area contributed by atoms with E-state index in [0.29, 0.717) is 23.8 Å². The molecule has 0 saturated heterocycles. The fraction of sp³-hybridized carbons (Fsp3) is 0.350. The molecule has 1 fully saturated rings. The number of nitrogens with zero attached hydrogens (tertiary/aromatic N) is 3. The first-order chi connectivity index (χ1) is 12.7. The molecule has 0 spiro atoms. The van der Waals surface area contributed by atoms with Crippen LogP contribution in [-0.4, -0.2) is 28.1 Å². The van der Waals surface area contributed by atoms with E-state index in [0.717, 1.165) is 30.6 Å². The smallest absolute Gasteiger partial charge is 0.257 e. The summed E-state index contributed by atoms with van der Waals surface area (Å²) in [5.74, 6) is 1.10. The molecule has 1 aromatic heterocycles. The van der Waals surface area contributed by atoms with Crippen molar-refractivity contribution >= 4 is 23.3 Å². The van der Waals surface area contributed by atoms with Gasteiger partial charge in [-0.05, 0) is 55.4 Å². The summed E-state index contributed by atoms with van der Waals surface area (Å²) in [4.78, 5) is 26.7. The van der Waals surface area contributed by atoms with E-state index in [4.69, 9.17) is 0 Å². The highest BCUT2D eigenvalue weighted by Crippen LogP contribution is 2.32. The predicted octanol–water partition coefficient (Wildman–Crippen LogP) is 3.01. The molecule has 6 heteroatoms. The van der Waals surface area contributed by atoms with Gasteiger partial charge in [0.15, 0.2) is 0 Å². The van der Waals surface area contributed by atoms with Gasteiger partial charge in [0.25, 0.3) is 5.91 Å². The van der Waals surface area contributed by atoms with Crippen molar-refractivity contribution in [1.29, 1.82) is 0 Å². The number of aromatic nitrogens is 2. The van der Waals surface area contributed by atoms with Crippen LogP contribution in [0.4, 0.5) is 11.5 Å². The van der Waals surface area contributed by atoms with Crippen LogP contribution in [0.2, 0.25) is 0 Å². The van der Waals surface area contributed by atoms with E-state index in [1.165, 1.54) is 18.9 Å². The second-order valence-corrected chi connectivity index (χ2v) is 6.90. The first kappa shape index (κ1) is 16.6. The molecule has 1 aromatic carbocycles. The Labute approximate surface area is 152 Å². The van der Waals surface area contributed by atoms with Crippen LogP contribution in [0.3, 0.4) is 0 Å². The maximum absolute atomic E-state index is 12.9. The minimum Gasteiger partial charge on any atom is -0.309 e. The molecule has 134 valence electrons. The molecule has 1 aliphatic carbocycles. The van der Waals surface area contributed by atoms with Gasteiger partial charge >= 0.3 is 0 Å². The number of anilines is 2. The first-order valence-electron chi connectivity index (χ1n) is 9.06. The van der Waals surface area contributed by atoms with E-state index in [1.54, 1.807) is 11.1 Å². The lowest BCUT2D eigenvalue weighted by Crippen LogP contribution is -2.35. The number of hydrogen-bond acceptors (Lipinski definition) is 3. The highest BCUT2D eigenvalue weighted by Gasteiger charge is 2.26. The standard InChI is InChI=1S/C20H22N4O2/c1-2-19(25)23-12-4-6-15-16(5-3-7-17(15)23)20(26)22-18-10-11-21-24(18)13-14-8-9-14/h2-3,5,7,10-11,14H,1,4,6,8-9,12-13H2,(H,22,26). The lowest BCUT2D eigenvalue weighted by atomic mass is 9.95. The summed E-state index contributed by atoms with van der Waals surface area (Å²) in [6.07, 6.45) is 7.10. The van der Waals surface area contributed by atoms with Gasteiger partial charge in [-0.2, -0.15) is 5.10 Å². The van der Waals surface area contributed by atoms with Crippen LogP contribution >= 0.6 is 0 Å². The van der Waals surface area contributed by atoms with E-state index in [9.17, 15) is 9.59 Å². The minimum atomic E-state index is -0.160. The number of nitrogens with one attached hydrogen (secondary N) is 1. The second-order valence-electron chi connectivity index (χ2n) is 6.90. The minimum absolute atomic E-state index is 0.133. The van der Waals surface area contributed by atoms with Gasteiger partial charge in [0.1, 0.15) is 5.82 Å². The van der Waals surface area contributed by atoms with E-state index in [1.807, 2.05) is 28.9 Å². The van der Waals surface area contributed by atoms with Crippen molar-refractivity contribution < 1.29 is 9.59 Å². The van der Waals surface area contributed by atoms with Crippen molar-refractivity contribution in [2.45, 2.75) is 32.2 Å². The van der Waals surface area contributed by atoms with Gasteiger partial charge in [0.2, 0.25) is 5.91 Å². The number of amides is 2. The highest BCUT2D eigenvalue weighted by atomic mass is 16.2. The number of hydrogen-bond donors (Lipinski definition) is 1. The van der Waals surface area contributed by atoms with Gasteiger partial charge in [-0.3, -0.25) is 9.59 Å². The number of fused-ring (bicyclic) bond motifs is 1. The average Bonchev–Trinajstić information content (AvgIpc) is 3.38. The molecule has 2 heterocycles. The monoisotopic (exact) mass is 350 g/mol. The summed E-state index contributed by atoms with van der Waals surface area (Å²) in [5, 5.41) is 7.30. The number of carbonyl (C=O) groups is 2. The number of rotatable bonds is 5. The molecule has 1 N–H and O–H groups in total. The fourth-order valence-corrected chi connectivity index (χ4v) is 3.49. The zero-order chi connectivity index (χ0) is 18.1. The quantitative estimate of drug-likeness (QED) is 0.843. The Bertz CT molecular complexity index is 866. The number of carbonyl (C=O) groups excluding carboxylic acids is 2. The van der Waals surface area contributed by atoms with Gasteiger partial charge in [-0.1, -0.05) is 12.6 Å². The summed E-state index contributed by atoms with van der Waals surface area (Å²) < 4.78 is 1.86. The van der Waals surface area contributed by atoms with E-state index < -0.39 is 0 Å². The molecule has 1 aliphatic heterocycles. The summed E-state index contributed by atoms with van der Waals surface area (Å²) in [5.41, 5.74) is 2.34. The Morgan fingerprint density at radius 2 is 2.15 bits per heavy atom. The molecule has 0 bridgehead atoms. The van der Waals surface area contributed by atoms with Crippen molar-refractivity contribution in [3.05, 3.63) is 54.2 Å². The third-order valence-corrected chi connectivity index (χ3v) is 5.02. The molecular weight excluding hydrogens is 328 g/mol. The maximum Gasteiger partial charge on any atom is 0.257 e. The Balaban J connectivity index is 1.60. The summed E-state index contributed by atoms with van der Waals surface area (Å²) in [7, 11) is 0. The largest absolute Gasteiger partial charge is 0.309 e. The van der Waals surface area contributed by atoms with Gasteiger partial charge in [-0.15, -0.1) is 0 Å². The molecule has 0 atom stereocenters. The van der Waals surface area contributed by atoms with Crippen molar-refractivity contribution in [3.63, 3.8) is 0 Å². The molecule has 0 unspecified atom stereocenters. The van der Waals surface area contributed by atoms with Crippen LogP contribution in [-0.2, 0) is 17.8 Å². The average molecular weight is 350 g/mol. The molecule has 2 aromatic rings. The summed E-state index contributed by atoms with van der Waals surface area (Å²) in [6, 6.07) is 7.36. The highest BCUT2D eigenvalue weighted by molar-refractivity contribution is 6.08. The van der Waals surface area contributed by atoms with Gasteiger partial charge < -0.3 is 10.2 Å².